The van der Waals surface area contributed by atoms with E-state index in [9.17, 15) is 9.59 Å². The molecule has 6 nitrogen and oxygen atoms in total. The highest BCUT2D eigenvalue weighted by Crippen LogP contribution is 2.23. The summed E-state index contributed by atoms with van der Waals surface area (Å²) in [6.45, 7) is 1.76. The van der Waals surface area contributed by atoms with Crippen LogP contribution in [0.4, 0.5) is 0 Å². The van der Waals surface area contributed by atoms with Crippen molar-refractivity contribution in [3.8, 4) is 0 Å². The van der Waals surface area contributed by atoms with Crippen LogP contribution >= 0.6 is 0 Å². The van der Waals surface area contributed by atoms with Gasteiger partial charge >= 0.3 is 11.7 Å². The lowest BCUT2D eigenvalue weighted by atomic mass is 10.2. The highest BCUT2D eigenvalue weighted by Gasteiger charge is 2.24. The van der Waals surface area contributed by atoms with E-state index >= 15 is 0 Å². The maximum atomic E-state index is 12.1. The van der Waals surface area contributed by atoms with Crippen LogP contribution in [0.3, 0.4) is 0 Å². The maximum absolute atomic E-state index is 12.1. The maximum Gasteiger partial charge on any atom is 0.335 e. The molecule has 0 saturated carbocycles. The van der Waals surface area contributed by atoms with Gasteiger partial charge in [0.1, 0.15) is 0 Å². The van der Waals surface area contributed by atoms with Crippen LogP contribution in [-0.2, 0) is 0 Å². The number of fused-ring (bicyclic) bond motifs is 1. The number of aromatic nitrogens is 2. The number of imidazole rings is 1. The van der Waals surface area contributed by atoms with Crippen LogP contribution in [0.25, 0.3) is 11.0 Å². The number of benzene rings is 1. The summed E-state index contributed by atoms with van der Waals surface area (Å²) >= 11 is 0. The first-order valence-electron chi connectivity index (χ1n) is 6.22. The van der Waals surface area contributed by atoms with Crippen molar-refractivity contribution in [1.29, 1.82) is 0 Å². The third-order valence-corrected chi connectivity index (χ3v) is 3.70. The number of aromatic amines is 1. The molecule has 6 heteroatoms. The number of carbonyl (C=O) groups is 1. The average Bonchev–Trinajstić information content (AvgIpc) is 2.90. The van der Waals surface area contributed by atoms with E-state index in [0.717, 1.165) is 19.5 Å². The number of carboxylic acid groups (broad SMARTS) is 1. The molecule has 1 fully saturated rings. The van der Waals surface area contributed by atoms with Crippen LogP contribution in [0.2, 0.25) is 0 Å². The number of aromatic carboxylic acids is 1. The largest absolute Gasteiger partial charge is 0.478 e. The molecule has 0 aliphatic carbocycles. The molecule has 1 aromatic carbocycles. The Morgan fingerprint density at radius 2 is 2.26 bits per heavy atom. The van der Waals surface area contributed by atoms with Crippen molar-refractivity contribution in [2.45, 2.75) is 12.5 Å². The van der Waals surface area contributed by atoms with Crippen LogP contribution < -0.4 is 5.69 Å². The Kier molecular flexibility index (Phi) is 2.67. The van der Waals surface area contributed by atoms with E-state index in [2.05, 4.69) is 9.88 Å². The summed E-state index contributed by atoms with van der Waals surface area (Å²) in [5.41, 5.74) is 1.39. The number of hydrogen-bond donors (Lipinski definition) is 2. The zero-order valence-electron chi connectivity index (χ0n) is 10.6. The zero-order valence-corrected chi connectivity index (χ0v) is 10.6. The van der Waals surface area contributed by atoms with Gasteiger partial charge in [-0.1, -0.05) is 0 Å². The molecule has 1 aliphatic rings. The molecule has 2 heterocycles. The van der Waals surface area contributed by atoms with Crippen LogP contribution in [-0.4, -0.2) is 45.7 Å². The first kappa shape index (κ1) is 12.0. The number of H-pyrrole nitrogens is 1. The van der Waals surface area contributed by atoms with E-state index in [0.29, 0.717) is 11.0 Å². The molecule has 2 N–H and O–H groups in total. The van der Waals surface area contributed by atoms with Gasteiger partial charge in [-0.25, -0.2) is 9.59 Å². The summed E-state index contributed by atoms with van der Waals surface area (Å²) in [6.07, 6.45) is 0.903. The lowest BCUT2D eigenvalue weighted by molar-refractivity contribution is 0.0697. The van der Waals surface area contributed by atoms with E-state index in [4.69, 9.17) is 5.11 Å². The molecular weight excluding hydrogens is 246 g/mol. The number of rotatable bonds is 2. The van der Waals surface area contributed by atoms with E-state index in [-0.39, 0.29) is 17.3 Å². The van der Waals surface area contributed by atoms with Gasteiger partial charge in [-0.3, -0.25) is 4.57 Å². The average molecular weight is 261 g/mol. The van der Waals surface area contributed by atoms with Gasteiger partial charge in [0, 0.05) is 6.54 Å². The molecule has 0 bridgehead atoms. The van der Waals surface area contributed by atoms with E-state index in [1.54, 1.807) is 16.7 Å². The number of likely N-dealkylation sites (N-methyl/N-ethyl adjacent to an activating group) is 1. The molecular formula is C13H15N3O3. The highest BCUT2D eigenvalue weighted by atomic mass is 16.4. The van der Waals surface area contributed by atoms with Gasteiger partial charge in [-0.2, -0.15) is 0 Å². The first-order valence-corrected chi connectivity index (χ1v) is 6.22. The number of nitrogens with one attached hydrogen (secondary N) is 1. The normalized spacial score (nSPS) is 20.2. The Morgan fingerprint density at radius 1 is 1.47 bits per heavy atom. The second-order valence-electron chi connectivity index (χ2n) is 5.04. The molecule has 19 heavy (non-hydrogen) atoms. The summed E-state index contributed by atoms with van der Waals surface area (Å²) in [7, 11) is 2.02. The molecule has 3 rings (SSSR count). The fourth-order valence-corrected chi connectivity index (χ4v) is 2.74. The molecule has 100 valence electrons. The van der Waals surface area contributed by atoms with Crippen molar-refractivity contribution in [3.63, 3.8) is 0 Å². The Balaban J connectivity index is 2.17. The Labute approximate surface area is 109 Å². The minimum absolute atomic E-state index is 0.107. The van der Waals surface area contributed by atoms with Gasteiger partial charge in [0.15, 0.2) is 0 Å². The molecule has 1 atom stereocenters. The second kappa shape index (κ2) is 4.24. The predicted octanol–water partition coefficient (Wildman–Crippen LogP) is 0.904. The van der Waals surface area contributed by atoms with Gasteiger partial charge in [0.2, 0.25) is 0 Å². The van der Waals surface area contributed by atoms with Crippen LogP contribution in [0.1, 0.15) is 22.8 Å². The molecule has 1 aliphatic heterocycles. The highest BCUT2D eigenvalue weighted by molar-refractivity contribution is 5.92. The fraction of sp³-hybridized carbons (Fsp3) is 0.385. The molecule has 2 aromatic rings. The third-order valence-electron chi connectivity index (χ3n) is 3.70. The Bertz CT molecular complexity index is 701. The summed E-state index contributed by atoms with van der Waals surface area (Å²) < 4.78 is 1.69. The van der Waals surface area contributed by atoms with E-state index in [1.165, 1.54) is 6.07 Å². The molecule has 1 unspecified atom stereocenters. The van der Waals surface area contributed by atoms with Gasteiger partial charge in [0.25, 0.3) is 0 Å². The van der Waals surface area contributed by atoms with Gasteiger partial charge in [-0.05, 0) is 38.2 Å². The molecule has 0 amide bonds. The van der Waals surface area contributed by atoms with Crippen LogP contribution in [0.5, 0.6) is 0 Å². The second-order valence-corrected chi connectivity index (χ2v) is 5.04. The topological polar surface area (TPSA) is 78.3 Å². The van der Waals surface area contributed by atoms with Crippen molar-refractivity contribution in [2.24, 2.45) is 0 Å². The van der Waals surface area contributed by atoms with Crippen molar-refractivity contribution in [1.82, 2.24) is 14.5 Å². The first-order chi connectivity index (χ1) is 9.06. The summed E-state index contributed by atoms with van der Waals surface area (Å²) in [6, 6.07) is 4.82. The van der Waals surface area contributed by atoms with Crippen molar-refractivity contribution >= 4 is 17.0 Å². The van der Waals surface area contributed by atoms with Crippen molar-refractivity contribution < 1.29 is 9.90 Å². The zero-order chi connectivity index (χ0) is 13.6. The molecule has 0 radical (unpaired) electrons. The van der Waals surface area contributed by atoms with Gasteiger partial charge in [-0.15, -0.1) is 0 Å². The lowest BCUT2D eigenvalue weighted by Gasteiger charge is -2.12. The minimum Gasteiger partial charge on any atom is -0.478 e. The molecule has 1 saturated heterocycles. The number of hydrogen-bond acceptors (Lipinski definition) is 3. The Morgan fingerprint density at radius 3 is 2.89 bits per heavy atom. The van der Waals surface area contributed by atoms with Gasteiger partial charge in [0.05, 0.1) is 22.6 Å². The van der Waals surface area contributed by atoms with E-state index in [1.807, 2.05) is 7.05 Å². The van der Waals surface area contributed by atoms with Gasteiger partial charge < -0.3 is 15.0 Å². The van der Waals surface area contributed by atoms with E-state index < -0.39 is 5.97 Å². The number of likely N-dealkylation sites (tertiary alicyclic amines) is 1. The number of carboxylic acids is 1. The third kappa shape index (κ3) is 1.94. The summed E-state index contributed by atoms with van der Waals surface area (Å²) in [5.74, 6) is -0.981. The molecule has 1 aromatic heterocycles. The lowest BCUT2D eigenvalue weighted by Crippen LogP contribution is -2.24. The molecule has 0 spiro atoms. The SMILES string of the molecule is CN1CCC(n2c(=O)[nH]c3ccc(C(=O)O)cc32)C1. The van der Waals surface area contributed by atoms with Crippen LogP contribution in [0.15, 0.2) is 23.0 Å². The quantitative estimate of drug-likeness (QED) is 0.842. The van der Waals surface area contributed by atoms with Crippen molar-refractivity contribution in [3.05, 3.63) is 34.2 Å². The minimum atomic E-state index is -0.981. The monoisotopic (exact) mass is 261 g/mol. The smallest absolute Gasteiger partial charge is 0.335 e. The summed E-state index contributed by atoms with van der Waals surface area (Å²) in [4.78, 5) is 28.0. The Hall–Kier alpha value is -2.08. The number of nitrogens with zero attached hydrogens (tertiary/aromatic N) is 2. The summed E-state index contributed by atoms with van der Waals surface area (Å²) in [5, 5.41) is 9.04. The standard InChI is InChI=1S/C13H15N3O3/c1-15-5-4-9(7-15)16-11-6-8(12(17)18)2-3-10(11)14-13(16)19/h2-3,6,9H,4-5,7H2,1H3,(H,14,19)(H,17,18). The van der Waals surface area contributed by atoms with Crippen LogP contribution in [0, 0.1) is 0 Å². The van der Waals surface area contributed by atoms with Crippen molar-refractivity contribution in [2.75, 3.05) is 20.1 Å². The predicted molar refractivity (Wildman–Crippen MR) is 70.7 cm³/mol. The fourth-order valence-electron chi connectivity index (χ4n) is 2.74.